The number of carbonyl (C=O) groups is 1. The molecule has 0 aliphatic carbocycles. The number of hydrogen-bond acceptors (Lipinski definition) is 4. The van der Waals surface area contributed by atoms with E-state index < -0.39 is 15.9 Å². The summed E-state index contributed by atoms with van der Waals surface area (Å²) in [4.78, 5) is 15.0. The van der Waals surface area contributed by atoms with Crippen molar-refractivity contribution in [2.75, 3.05) is 11.5 Å². The van der Waals surface area contributed by atoms with Crippen LogP contribution in [0.2, 0.25) is 0 Å². The molecule has 2 heterocycles. The number of nitrogens with zero attached hydrogens (tertiary/aromatic N) is 3. The molecule has 3 aromatic carbocycles. The molecule has 37 heavy (non-hydrogen) atoms. The fourth-order valence-electron chi connectivity index (χ4n) is 4.49. The normalized spacial score (nSPS) is 16.7. The van der Waals surface area contributed by atoms with Gasteiger partial charge in [-0.05, 0) is 42.3 Å². The van der Waals surface area contributed by atoms with E-state index in [0.29, 0.717) is 6.42 Å². The van der Waals surface area contributed by atoms with Gasteiger partial charge in [-0.1, -0.05) is 60.7 Å². The maximum atomic E-state index is 13.5. The van der Waals surface area contributed by atoms with Crippen LogP contribution in [0.4, 0.5) is 4.39 Å². The summed E-state index contributed by atoms with van der Waals surface area (Å²) in [6, 6.07) is 24.9. The minimum absolute atomic E-state index is 0.0522. The van der Waals surface area contributed by atoms with Gasteiger partial charge < -0.3 is 4.90 Å². The molecule has 1 aromatic heterocycles. The molecular weight excluding hydrogens is 489 g/mol. The third kappa shape index (κ3) is 5.86. The van der Waals surface area contributed by atoms with Crippen molar-refractivity contribution >= 4 is 21.8 Å². The highest BCUT2D eigenvalue weighted by molar-refractivity contribution is 7.91. The van der Waals surface area contributed by atoms with Gasteiger partial charge >= 0.3 is 0 Å². The van der Waals surface area contributed by atoms with Crippen LogP contribution in [-0.4, -0.2) is 46.6 Å². The summed E-state index contributed by atoms with van der Waals surface area (Å²) in [7, 11) is -3.20. The molecule has 0 bridgehead atoms. The van der Waals surface area contributed by atoms with Gasteiger partial charge in [-0.25, -0.2) is 17.5 Å². The SMILES string of the molecule is O=C(/C=C/c1cn(-c2ccccc2)nc1-c1ccccc1)N(Cc1ccc(F)cc1)C1CCS(=O)(=O)C1. The van der Waals surface area contributed by atoms with E-state index in [2.05, 4.69) is 0 Å². The molecule has 5 rings (SSSR count). The summed E-state index contributed by atoms with van der Waals surface area (Å²) in [5.41, 5.74) is 4.01. The first kappa shape index (κ1) is 24.6. The first-order chi connectivity index (χ1) is 17.9. The van der Waals surface area contributed by atoms with Crippen LogP contribution in [0.15, 0.2) is 97.2 Å². The summed E-state index contributed by atoms with van der Waals surface area (Å²) in [5.74, 6) is -0.697. The Kier molecular flexibility index (Phi) is 7.01. The molecule has 8 heteroatoms. The molecule has 1 saturated heterocycles. The lowest BCUT2D eigenvalue weighted by molar-refractivity contribution is -0.128. The van der Waals surface area contributed by atoms with Crippen LogP contribution < -0.4 is 0 Å². The summed E-state index contributed by atoms with van der Waals surface area (Å²) in [6.07, 6.45) is 5.43. The largest absolute Gasteiger partial charge is 0.331 e. The van der Waals surface area contributed by atoms with Gasteiger partial charge in [-0.2, -0.15) is 5.10 Å². The predicted octanol–water partition coefficient (Wildman–Crippen LogP) is 4.91. The van der Waals surface area contributed by atoms with Crippen molar-refractivity contribution in [3.8, 4) is 16.9 Å². The lowest BCUT2D eigenvalue weighted by atomic mass is 10.1. The smallest absolute Gasteiger partial charge is 0.247 e. The highest BCUT2D eigenvalue weighted by atomic mass is 32.2. The molecule has 1 fully saturated rings. The Morgan fingerprint density at radius 2 is 1.68 bits per heavy atom. The Bertz CT molecular complexity index is 1520. The maximum absolute atomic E-state index is 13.5. The molecule has 188 valence electrons. The van der Waals surface area contributed by atoms with Crippen molar-refractivity contribution in [1.29, 1.82) is 0 Å². The number of aromatic nitrogens is 2. The number of amides is 1. The van der Waals surface area contributed by atoms with E-state index in [1.54, 1.807) is 27.8 Å². The second-order valence-electron chi connectivity index (χ2n) is 9.06. The first-order valence-corrected chi connectivity index (χ1v) is 13.8. The summed E-state index contributed by atoms with van der Waals surface area (Å²) in [5, 5.41) is 4.77. The molecule has 0 radical (unpaired) electrons. The zero-order valence-corrected chi connectivity index (χ0v) is 20.9. The summed E-state index contributed by atoms with van der Waals surface area (Å²) < 4.78 is 39.5. The Morgan fingerprint density at radius 1 is 1.00 bits per heavy atom. The number of hydrogen-bond donors (Lipinski definition) is 0. The van der Waals surface area contributed by atoms with Gasteiger partial charge in [0.2, 0.25) is 5.91 Å². The van der Waals surface area contributed by atoms with E-state index in [-0.39, 0.29) is 29.8 Å². The van der Waals surface area contributed by atoms with Crippen LogP contribution in [0.5, 0.6) is 0 Å². The Hall–Kier alpha value is -4.04. The minimum Gasteiger partial charge on any atom is -0.331 e. The predicted molar refractivity (Wildman–Crippen MR) is 142 cm³/mol. The molecule has 4 aromatic rings. The highest BCUT2D eigenvalue weighted by Gasteiger charge is 2.34. The average molecular weight is 516 g/mol. The van der Waals surface area contributed by atoms with Crippen molar-refractivity contribution in [3.05, 3.63) is 114 Å². The molecule has 6 nitrogen and oxygen atoms in total. The fraction of sp³-hybridized carbons (Fsp3) is 0.172. The van der Waals surface area contributed by atoms with E-state index in [0.717, 1.165) is 28.1 Å². The third-order valence-electron chi connectivity index (χ3n) is 6.41. The van der Waals surface area contributed by atoms with Crippen LogP contribution in [0.1, 0.15) is 17.5 Å². The standard InChI is InChI=1S/C29H26FN3O3S/c30-25-14-11-22(12-15-25)19-32(27-17-18-37(35,36)21-27)28(34)16-13-24-20-33(26-9-5-2-6-10-26)31-29(24)23-7-3-1-4-8-23/h1-16,20,27H,17-19,21H2/b16-13+. The molecule has 1 atom stereocenters. The van der Waals surface area contributed by atoms with E-state index in [4.69, 9.17) is 5.10 Å². The molecule has 1 aliphatic heterocycles. The zero-order valence-electron chi connectivity index (χ0n) is 20.1. The van der Waals surface area contributed by atoms with E-state index in [1.165, 1.54) is 18.2 Å². The van der Waals surface area contributed by atoms with Gasteiger partial charge in [0.15, 0.2) is 9.84 Å². The molecule has 1 aliphatic rings. The average Bonchev–Trinajstić information content (AvgIpc) is 3.51. The number of para-hydroxylation sites is 1. The Morgan fingerprint density at radius 3 is 2.32 bits per heavy atom. The monoisotopic (exact) mass is 515 g/mol. The molecule has 1 unspecified atom stereocenters. The van der Waals surface area contributed by atoms with Gasteiger partial charge in [0.1, 0.15) is 5.82 Å². The van der Waals surface area contributed by atoms with E-state index in [1.807, 2.05) is 66.9 Å². The molecule has 1 amide bonds. The number of benzene rings is 3. The van der Waals surface area contributed by atoms with Gasteiger partial charge in [0.05, 0.1) is 22.9 Å². The second kappa shape index (κ2) is 10.5. The van der Waals surface area contributed by atoms with Gasteiger partial charge in [-0.15, -0.1) is 0 Å². The topological polar surface area (TPSA) is 72.3 Å². The maximum Gasteiger partial charge on any atom is 0.247 e. The summed E-state index contributed by atoms with van der Waals surface area (Å²) >= 11 is 0. The molecule has 0 saturated carbocycles. The molecular formula is C29H26FN3O3S. The van der Waals surface area contributed by atoms with Crippen molar-refractivity contribution in [2.45, 2.75) is 19.0 Å². The minimum atomic E-state index is -3.20. The number of carbonyl (C=O) groups excluding carboxylic acids is 1. The summed E-state index contributed by atoms with van der Waals surface area (Å²) in [6.45, 7) is 0.193. The van der Waals surface area contributed by atoms with Crippen molar-refractivity contribution < 1.29 is 17.6 Å². The van der Waals surface area contributed by atoms with Crippen LogP contribution in [0.25, 0.3) is 23.0 Å². The van der Waals surface area contributed by atoms with Crippen LogP contribution in [0.3, 0.4) is 0 Å². The van der Waals surface area contributed by atoms with Crippen LogP contribution in [-0.2, 0) is 21.2 Å². The third-order valence-corrected chi connectivity index (χ3v) is 8.16. The second-order valence-corrected chi connectivity index (χ2v) is 11.3. The highest BCUT2D eigenvalue weighted by Crippen LogP contribution is 2.26. The quantitative estimate of drug-likeness (QED) is 0.328. The van der Waals surface area contributed by atoms with Gasteiger partial charge in [0.25, 0.3) is 0 Å². The van der Waals surface area contributed by atoms with E-state index in [9.17, 15) is 17.6 Å². The van der Waals surface area contributed by atoms with Crippen molar-refractivity contribution in [2.24, 2.45) is 0 Å². The molecule has 0 spiro atoms. The van der Waals surface area contributed by atoms with Crippen molar-refractivity contribution in [1.82, 2.24) is 14.7 Å². The number of rotatable bonds is 7. The van der Waals surface area contributed by atoms with Gasteiger partial charge in [0, 0.05) is 36.0 Å². The number of halogens is 1. The van der Waals surface area contributed by atoms with Gasteiger partial charge in [-0.3, -0.25) is 4.79 Å². The van der Waals surface area contributed by atoms with E-state index >= 15 is 0 Å². The lowest BCUT2D eigenvalue weighted by Gasteiger charge is -2.27. The number of sulfone groups is 1. The Balaban J connectivity index is 1.47. The zero-order chi connectivity index (χ0) is 25.8. The first-order valence-electron chi connectivity index (χ1n) is 12.0. The Labute approximate surface area is 215 Å². The van der Waals surface area contributed by atoms with Crippen molar-refractivity contribution in [3.63, 3.8) is 0 Å². The fourth-order valence-corrected chi connectivity index (χ4v) is 6.22. The van der Waals surface area contributed by atoms with Crippen LogP contribution >= 0.6 is 0 Å². The molecule has 0 N–H and O–H groups in total. The van der Waals surface area contributed by atoms with Crippen LogP contribution in [0, 0.1) is 5.82 Å². The lowest BCUT2D eigenvalue weighted by Crippen LogP contribution is -2.39.